The van der Waals surface area contributed by atoms with Gasteiger partial charge in [-0.05, 0) is 73.1 Å². The third-order valence-electron chi connectivity index (χ3n) is 3.83. The van der Waals surface area contributed by atoms with Crippen molar-refractivity contribution >= 4 is 35.8 Å². The minimum atomic E-state index is -1.32. The quantitative estimate of drug-likeness (QED) is 0.382. The third-order valence-corrected chi connectivity index (χ3v) is 4.81. The molecule has 0 fully saturated rings. The van der Waals surface area contributed by atoms with Crippen LogP contribution in [0.2, 0.25) is 0 Å². The molecule has 186 valence electrons. The van der Waals surface area contributed by atoms with Crippen LogP contribution in [0.4, 0.5) is 9.59 Å². The minimum absolute atomic E-state index is 0.0782. The molecule has 0 aliphatic heterocycles. The van der Waals surface area contributed by atoms with E-state index in [1.165, 1.54) is 11.8 Å². The molecule has 32 heavy (non-hydrogen) atoms. The first-order valence-electron chi connectivity index (χ1n) is 10.7. The van der Waals surface area contributed by atoms with Crippen LogP contribution in [0.3, 0.4) is 0 Å². The molecule has 0 aliphatic rings. The van der Waals surface area contributed by atoms with Crippen molar-refractivity contribution in [1.29, 1.82) is 0 Å². The Balaban J connectivity index is 6.05. The number of ether oxygens (including phenoxy) is 2. The topological polar surface area (TPSA) is 148 Å². The number of carboxylic acids is 1. The van der Waals surface area contributed by atoms with E-state index in [-0.39, 0.29) is 12.2 Å². The number of aliphatic carboxylic acids is 1. The molecule has 0 radical (unpaired) electrons. The maximum Gasteiger partial charge on any atom is 0.420 e. The van der Waals surface area contributed by atoms with Gasteiger partial charge < -0.3 is 25.6 Å². The van der Waals surface area contributed by atoms with Crippen molar-refractivity contribution in [2.24, 2.45) is 5.73 Å². The van der Waals surface area contributed by atoms with Crippen LogP contribution in [0.15, 0.2) is 0 Å². The Morgan fingerprint density at radius 2 is 1.50 bits per heavy atom. The van der Waals surface area contributed by atoms with Crippen LogP contribution in [-0.4, -0.2) is 75.4 Å². The predicted octanol–water partition coefficient (Wildman–Crippen LogP) is 2.98. The number of amides is 3. The first-order chi connectivity index (χ1) is 14.6. The maximum atomic E-state index is 13.1. The summed E-state index contributed by atoms with van der Waals surface area (Å²) in [5.74, 6) is -1.17. The first-order valence-corrected chi connectivity index (χ1v) is 11.8. The molecule has 0 bridgehead atoms. The largest absolute Gasteiger partial charge is 0.480 e. The lowest BCUT2D eigenvalue weighted by Gasteiger charge is -2.33. The summed E-state index contributed by atoms with van der Waals surface area (Å²) in [4.78, 5) is 51.2. The van der Waals surface area contributed by atoms with Gasteiger partial charge in [0.15, 0.2) is 0 Å². The molecule has 0 unspecified atom stereocenters. The summed E-state index contributed by atoms with van der Waals surface area (Å²) in [6.45, 7) is 12.0. The highest BCUT2D eigenvalue weighted by atomic mass is 32.2. The van der Waals surface area contributed by atoms with E-state index >= 15 is 0 Å². The second-order valence-corrected chi connectivity index (χ2v) is 10.5. The predicted molar refractivity (Wildman–Crippen MR) is 124 cm³/mol. The van der Waals surface area contributed by atoms with Crippen molar-refractivity contribution in [2.45, 2.75) is 91.0 Å². The van der Waals surface area contributed by atoms with E-state index in [1.54, 1.807) is 41.5 Å². The second-order valence-electron chi connectivity index (χ2n) is 9.19. The van der Waals surface area contributed by atoms with Gasteiger partial charge in [-0.25, -0.2) is 14.4 Å². The summed E-state index contributed by atoms with van der Waals surface area (Å²) in [6.07, 6.45) is -1.04. The van der Waals surface area contributed by atoms with Crippen molar-refractivity contribution < 1.29 is 33.8 Å². The zero-order chi connectivity index (χ0) is 25.1. The Morgan fingerprint density at radius 1 is 1.00 bits per heavy atom. The van der Waals surface area contributed by atoms with E-state index in [9.17, 15) is 24.3 Å². The number of nitrogens with two attached hydrogens (primary N) is 1. The number of thioether (sulfide) groups is 1. The van der Waals surface area contributed by atoms with Gasteiger partial charge in [-0.15, -0.1) is 0 Å². The fourth-order valence-corrected chi connectivity index (χ4v) is 3.19. The normalized spacial score (nSPS) is 13.6. The standard InChI is InChI=1S/C21H39N3O7S/c1-8-32-13-14(17(26)27)23-16(25)15(11-9-10-12-22)24(18(28)30-20(2,3)4)19(29)31-21(5,6)7/h14-15H,8-13,22H2,1-7H3,(H,23,25)(H,26,27)/t14-,15-/m0/s1. The molecule has 0 spiro atoms. The number of hydrogen-bond acceptors (Lipinski definition) is 8. The minimum Gasteiger partial charge on any atom is -0.480 e. The Bertz CT molecular complexity index is 616. The van der Waals surface area contributed by atoms with Crippen LogP contribution < -0.4 is 11.1 Å². The fourth-order valence-electron chi connectivity index (χ4n) is 2.49. The van der Waals surface area contributed by atoms with E-state index < -0.39 is 47.3 Å². The van der Waals surface area contributed by atoms with Gasteiger partial charge in [0.05, 0.1) is 0 Å². The molecular weight excluding hydrogens is 438 g/mol. The van der Waals surface area contributed by atoms with Crippen molar-refractivity contribution in [3.63, 3.8) is 0 Å². The third kappa shape index (κ3) is 12.1. The van der Waals surface area contributed by atoms with E-state index in [2.05, 4.69) is 5.32 Å². The van der Waals surface area contributed by atoms with E-state index in [0.717, 1.165) is 0 Å². The van der Waals surface area contributed by atoms with Crippen molar-refractivity contribution in [1.82, 2.24) is 10.2 Å². The molecular formula is C21H39N3O7S. The van der Waals surface area contributed by atoms with Gasteiger partial charge in [0.2, 0.25) is 5.91 Å². The van der Waals surface area contributed by atoms with Gasteiger partial charge in [-0.1, -0.05) is 6.92 Å². The molecule has 0 rings (SSSR count). The van der Waals surface area contributed by atoms with Crippen molar-refractivity contribution in [3.8, 4) is 0 Å². The lowest BCUT2D eigenvalue weighted by Crippen LogP contribution is -2.57. The molecule has 2 atom stereocenters. The molecule has 0 aliphatic carbocycles. The van der Waals surface area contributed by atoms with Gasteiger partial charge in [0, 0.05) is 5.75 Å². The van der Waals surface area contributed by atoms with E-state index in [1.807, 2.05) is 6.92 Å². The maximum absolute atomic E-state index is 13.1. The fraction of sp³-hybridized carbons (Fsp3) is 0.810. The summed E-state index contributed by atoms with van der Waals surface area (Å²) >= 11 is 1.35. The molecule has 11 heteroatoms. The number of rotatable bonds is 11. The van der Waals surface area contributed by atoms with Crippen molar-refractivity contribution in [2.75, 3.05) is 18.1 Å². The average molecular weight is 478 g/mol. The van der Waals surface area contributed by atoms with Gasteiger partial charge in [0.1, 0.15) is 23.3 Å². The number of carbonyl (C=O) groups excluding carboxylic acids is 3. The molecule has 3 amide bonds. The first kappa shape index (κ1) is 30.0. The van der Waals surface area contributed by atoms with Gasteiger partial charge in [-0.3, -0.25) is 4.79 Å². The Labute approximate surface area is 194 Å². The zero-order valence-corrected chi connectivity index (χ0v) is 21.0. The van der Waals surface area contributed by atoms with Gasteiger partial charge in [-0.2, -0.15) is 16.7 Å². The smallest absolute Gasteiger partial charge is 0.420 e. The number of nitrogens with one attached hydrogen (secondary N) is 1. The monoisotopic (exact) mass is 477 g/mol. The van der Waals surface area contributed by atoms with Gasteiger partial charge in [0.25, 0.3) is 0 Å². The SMILES string of the molecule is CCSC[C@H](NC(=O)[C@H](CCCCN)N(C(=O)OC(C)(C)C)C(=O)OC(C)(C)C)C(=O)O. The number of carboxylic acid groups (broad SMARTS) is 1. The number of unbranched alkanes of at least 4 members (excludes halogenated alkanes) is 1. The van der Waals surface area contributed by atoms with Crippen LogP contribution in [0, 0.1) is 0 Å². The summed E-state index contributed by atoms with van der Waals surface area (Å²) in [7, 11) is 0. The molecule has 0 aromatic carbocycles. The highest BCUT2D eigenvalue weighted by Gasteiger charge is 2.40. The summed E-state index contributed by atoms with van der Waals surface area (Å²) in [6, 6.07) is -2.50. The number of nitrogens with zero attached hydrogens (tertiary/aromatic N) is 1. The van der Waals surface area contributed by atoms with Crippen LogP contribution in [0.5, 0.6) is 0 Å². The second kappa shape index (κ2) is 13.5. The molecule has 0 saturated heterocycles. The molecule has 4 N–H and O–H groups in total. The lowest BCUT2D eigenvalue weighted by atomic mass is 10.1. The van der Waals surface area contributed by atoms with Crippen LogP contribution >= 0.6 is 11.8 Å². The number of imide groups is 1. The molecule has 10 nitrogen and oxygen atoms in total. The van der Waals surface area contributed by atoms with Crippen molar-refractivity contribution in [3.05, 3.63) is 0 Å². The highest BCUT2D eigenvalue weighted by molar-refractivity contribution is 7.99. The molecule has 0 aromatic rings. The lowest BCUT2D eigenvalue weighted by molar-refractivity contribution is -0.141. The number of hydrogen-bond donors (Lipinski definition) is 3. The Kier molecular flexibility index (Phi) is 12.7. The van der Waals surface area contributed by atoms with Crippen LogP contribution in [0.1, 0.15) is 67.7 Å². The Morgan fingerprint density at radius 3 is 1.88 bits per heavy atom. The van der Waals surface area contributed by atoms with Gasteiger partial charge >= 0.3 is 18.2 Å². The summed E-state index contributed by atoms with van der Waals surface area (Å²) in [5.41, 5.74) is 3.68. The average Bonchev–Trinajstić information content (AvgIpc) is 2.60. The number of carbonyl (C=O) groups is 4. The highest BCUT2D eigenvalue weighted by Crippen LogP contribution is 2.20. The zero-order valence-electron chi connectivity index (χ0n) is 20.2. The molecule has 0 saturated carbocycles. The summed E-state index contributed by atoms with van der Waals surface area (Å²) in [5, 5.41) is 11.9. The Hall–Kier alpha value is -2.01. The molecule has 0 heterocycles. The van der Waals surface area contributed by atoms with E-state index in [0.29, 0.717) is 30.0 Å². The summed E-state index contributed by atoms with van der Waals surface area (Å²) < 4.78 is 10.7. The molecule has 0 aromatic heterocycles. The van der Waals surface area contributed by atoms with Crippen LogP contribution in [-0.2, 0) is 19.1 Å². The van der Waals surface area contributed by atoms with Crippen LogP contribution in [0.25, 0.3) is 0 Å². The van der Waals surface area contributed by atoms with E-state index in [4.69, 9.17) is 15.2 Å².